The van der Waals surface area contributed by atoms with Crippen LogP contribution in [0.4, 0.5) is 0 Å². The van der Waals surface area contributed by atoms with E-state index in [0.717, 1.165) is 36.3 Å². The smallest absolute Gasteiger partial charge is 0.125 e. The summed E-state index contributed by atoms with van der Waals surface area (Å²) in [5, 5.41) is 9.18. The Hall–Kier alpha value is -1.57. The minimum absolute atomic E-state index is 0.338. The first-order valence-corrected chi connectivity index (χ1v) is 7.39. The van der Waals surface area contributed by atoms with Crippen LogP contribution in [0.25, 0.3) is 11.0 Å². The van der Waals surface area contributed by atoms with Crippen LogP contribution >= 0.6 is 11.6 Å². The molecule has 0 amide bonds. The van der Waals surface area contributed by atoms with E-state index in [1.165, 1.54) is 0 Å². The number of halogens is 1. The molecule has 1 heterocycles. The number of hydrogen-bond donors (Lipinski definition) is 0. The van der Waals surface area contributed by atoms with Crippen LogP contribution in [-0.2, 0) is 10.6 Å². The summed E-state index contributed by atoms with van der Waals surface area (Å²) >= 11 is 6.02. The normalized spacial score (nSPS) is 21.6. The largest absolute Gasteiger partial charge is 0.378 e. The van der Waals surface area contributed by atoms with Crippen molar-refractivity contribution in [2.45, 2.75) is 37.8 Å². The van der Waals surface area contributed by atoms with Crippen LogP contribution in [0.2, 0.25) is 0 Å². The minimum atomic E-state index is 0.338. The standard InChI is InChI=1S/C15H16ClN3O/c1-2-20-12-6-11(7-12)19-13-5-3-4-10(9-17)15(13)18-14(19)8-16/h3-5,11-12H,2,6-8H2,1H3. The van der Waals surface area contributed by atoms with Crippen molar-refractivity contribution in [3.8, 4) is 6.07 Å². The molecule has 3 rings (SSSR count). The molecule has 0 atom stereocenters. The maximum absolute atomic E-state index is 9.18. The number of ether oxygens (including phenoxy) is 1. The SMILES string of the molecule is CCOC1CC(n2c(CCl)nc3c(C#N)cccc32)C1. The molecule has 20 heavy (non-hydrogen) atoms. The Balaban J connectivity index is 2.00. The lowest BCUT2D eigenvalue weighted by Crippen LogP contribution is -2.34. The highest BCUT2D eigenvalue weighted by Gasteiger charge is 2.33. The molecule has 1 aromatic heterocycles. The Kier molecular flexibility index (Phi) is 3.64. The van der Waals surface area contributed by atoms with Crippen LogP contribution in [-0.4, -0.2) is 22.3 Å². The predicted octanol–water partition coefficient (Wildman–Crippen LogP) is 3.39. The molecule has 5 heteroatoms. The lowest BCUT2D eigenvalue weighted by atomic mass is 9.88. The van der Waals surface area contributed by atoms with E-state index in [4.69, 9.17) is 16.3 Å². The monoisotopic (exact) mass is 289 g/mol. The van der Waals surface area contributed by atoms with Gasteiger partial charge in [-0.3, -0.25) is 0 Å². The maximum atomic E-state index is 9.18. The summed E-state index contributed by atoms with van der Waals surface area (Å²) < 4.78 is 7.80. The van der Waals surface area contributed by atoms with E-state index in [0.29, 0.717) is 23.6 Å². The molecule has 0 saturated heterocycles. The zero-order valence-electron chi connectivity index (χ0n) is 11.3. The Labute approximate surface area is 122 Å². The Bertz CT molecular complexity index is 668. The van der Waals surface area contributed by atoms with Crippen LogP contribution in [0, 0.1) is 11.3 Å². The second kappa shape index (κ2) is 5.43. The molecule has 1 aliphatic carbocycles. The van der Waals surface area contributed by atoms with Crippen LogP contribution in [0.1, 0.15) is 37.2 Å². The highest BCUT2D eigenvalue weighted by molar-refractivity contribution is 6.16. The Morgan fingerprint density at radius 2 is 2.30 bits per heavy atom. The lowest BCUT2D eigenvalue weighted by molar-refractivity contribution is -0.0192. The number of para-hydroxylation sites is 1. The van der Waals surface area contributed by atoms with Crippen molar-refractivity contribution in [3.05, 3.63) is 29.6 Å². The Morgan fingerprint density at radius 3 is 2.95 bits per heavy atom. The number of benzene rings is 1. The van der Waals surface area contributed by atoms with Crippen molar-refractivity contribution in [3.63, 3.8) is 0 Å². The summed E-state index contributed by atoms with van der Waals surface area (Å²) in [7, 11) is 0. The van der Waals surface area contributed by atoms with Gasteiger partial charge in [0.25, 0.3) is 0 Å². The molecule has 4 nitrogen and oxygen atoms in total. The van der Waals surface area contributed by atoms with Gasteiger partial charge in [0.05, 0.1) is 23.1 Å². The fourth-order valence-electron chi connectivity index (χ4n) is 2.88. The highest BCUT2D eigenvalue weighted by Crippen LogP contribution is 2.38. The highest BCUT2D eigenvalue weighted by atomic mass is 35.5. The van der Waals surface area contributed by atoms with Gasteiger partial charge in [-0.15, -0.1) is 11.6 Å². The van der Waals surface area contributed by atoms with Crippen molar-refractivity contribution in [2.75, 3.05) is 6.61 Å². The maximum Gasteiger partial charge on any atom is 0.125 e. The predicted molar refractivity (Wildman–Crippen MR) is 77.7 cm³/mol. The quantitative estimate of drug-likeness (QED) is 0.811. The van der Waals surface area contributed by atoms with Crippen LogP contribution < -0.4 is 0 Å². The number of nitriles is 1. The van der Waals surface area contributed by atoms with Gasteiger partial charge in [-0.05, 0) is 31.9 Å². The number of aromatic nitrogens is 2. The van der Waals surface area contributed by atoms with E-state index in [1.807, 2.05) is 19.1 Å². The number of rotatable bonds is 4. The topological polar surface area (TPSA) is 50.8 Å². The number of alkyl halides is 1. The molecule has 1 aliphatic rings. The summed E-state index contributed by atoms with van der Waals surface area (Å²) in [4.78, 5) is 4.54. The summed E-state index contributed by atoms with van der Waals surface area (Å²) in [6.07, 6.45) is 2.31. The second-order valence-corrected chi connectivity index (χ2v) is 5.29. The number of imidazole rings is 1. The molecular weight excluding hydrogens is 274 g/mol. The molecular formula is C15H16ClN3O. The zero-order chi connectivity index (χ0) is 14.1. The molecule has 1 fully saturated rings. The molecule has 0 bridgehead atoms. The number of nitrogens with zero attached hydrogens (tertiary/aromatic N) is 3. The van der Waals surface area contributed by atoms with Crippen LogP contribution in [0.5, 0.6) is 0 Å². The van der Waals surface area contributed by atoms with Gasteiger partial charge in [-0.25, -0.2) is 4.98 Å². The Morgan fingerprint density at radius 1 is 1.50 bits per heavy atom. The summed E-state index contributed by atoms with van der Waals surface area (Å²) in [6, 6.07) is 8.27. The van der Waals surface area contributed by atoms with Gasteiger partial charge in [0.15, 0.2) is 0 Å². The van der Waals surface area contributed by atoms with Gasteiger partial charge < -0.3 is 9.30 Å². The van der Waals surface area contributed by atoms with E-state index in [2.05, 4.69) is 15.6 Å². The molecule has 0 radical (unpaired) electrons. The van der Waals surface area contributed by atoms with Crippen molar-refractivity contribution in [1.29, 1.82) is 5.26 Å². The van der Waals surface area contributed by atoms with E-state index in [-0.39, 0.29) is 0 Å². The molecule has 0 unspecified atom stereocenters. The van der Waals surface area contributed by atoms with Gasteiger partial charge in [0, 0.05) is 12.6 Å². The molecule has 2 aromatic rings. The van der Waals surface area contributed by atoms with E-state index in [1.54, 1.807) is 6.07 Å². The first-order valence-electron chi connectivity index (χ1n) is 6.86. The van der Waals surface area contributed by atoms with Crippen molar-refractivity contribution in [1.82, 2.24) is 9.55 Å². The lowest BCUT2D eigenvalue weighted by Gasteiger charge is -2.36. The van der Waals surface area contributed by atoms with Gasteiger partial charge in [-0.1, -0.05) is 6.07 Å². The summed E-state index contributed by atoms with van der Waals surface area (Å²) in [6.45, 7) is 2.77. The van der Waals surface area contributed by atoms with Gasteiger partial charge in [-0.2, -0.15) is 5.26 Å². The molecule has 0 aliphatic heterocycles. The number of fused-ring (bicyclic) bond motifs is 1. The van der Waals surface area contributed by atoms with Crippen LogP contribution in [0.15, 0.2) is 18.2 Å². The van der Waals surface area contributed by atoms with Gasteiger partial charge in [0.1, 0.15) is 17.4 Å². The molecule has 0 N–H and O–H groups in total. The molecule has 1 saturated carbocycles. The van der Waals surface area contributed by atoms with E-state index < -0.39 is 0 Å². The summed E-state index contributed by atoms with van der Waals surface area (Å²) in [5.41, 5.74) is 2.36. The molecule has 0 spiro atoms. The minimum Gasteiger partial charge on any atom is -0.378 e. The fraction of sp³-hybridized carbons (Fsp3) is 0.467. The second-order valence-electron chi connectivity index (χ2n) is 5.02. The zero-order valence-corrected chi connectivity index (χ0v) is 12.1. The third-order valence-corrected chi connectivity index (χ3v) is 4.11. The van der Waals surface area contributed by atoms with E-state index >= 15 is 0 Å². The molecule has 104 valence electrons. The average molecular weight is 290 g/mol. The van der Waals surface area contributed by atoms with E-state index in [9.17, 15) is 5.26 Å². The first-order chi connectivity index (χ1) is 9.78. The van der Waals surface area contributed by atoms with Crippen molar-refractivity contribution < 1.29 is 4.74 Å². The van der Waals surface area contributed by atoms with Crippen molar-refractivity contribution >= 4 is 22.6 Å². The van der Waals surface area contributed by atoms with Gasteiger partial charge >= 0.3 is 0 Å². The summed E-state index contributed by atoms with van der Waals surface area (Å²) in [5.74, 6) is 1.19. The van der Waals surface area contributed by atoms with Gasteiger partial charge in [0.2, 0.25) is 0 Å². The number of hydrogen-bond acceptors (Lipinski definition) is 3. The van der Waals surface area contributed by atoms with Crippen LogP contribution in [0.3, 0.4) is 0 Å². The molecule has 1 aromatic carbocycles. The van der Waals surface area contributed by atoms with Crippen molar-refractivity contribution in [2.24, 2.45) is 0 Å². The fourth-order valence-corrected chi connectivity index (χ4v) is 3.07. The first kappa shape index (κ1) is 13.4. The third-order valence-electron chi connectivity index (χ3n) is 3.87. The third kappa shape index (κ3) is 2.07. The average Bonchev–Trinajstić information content (AvgIpc) is 2.80.